The van der Waals surface area contributed by atoms with Gasteiger partial charge in [-0.15, -0.1) is 0 Å². The first-order chi connectivity index (χ1) is 15.4. The lowest BCUT2D eigenvalue weighted by atomic mass is 9.87. The van der Waals surface area contributed by atoms with Crippen LogP contribution in [0.5, 0.6) is 0 Å². The number of carbonyl (C=O) groups is 1. The van der Waals surface area contributed by atoms with Crippen LogP contribution in [0.4, 0.5) is 0 Å². The van der Waals surface area contributed by atoms with Crippen molar-refractivity contribution in [3.05, 3.63) is 71.3 Å². The van der Waals surface area contributed by atoms with Crippen LogP contribution in [-0.4, -0.2) is 38.4 Å². The first-order valence-corrected chi connectivity index (χ1v) is 13.5. The van der Waals surface area contributed by atoms with Gasteiger partial charge in [-0.1, -0.05) is 74.4 Å². The normalized spacial score (nSPS) is 22.2. The summed E-state index contributed by atoms with van der Waals surface area (Å²) in [7, 11) is -3.51. The number of likely N-dealkylation sites (tertiary alicyclic amines) is 1. The van der Waals surface area contributed by atoms with Crippen LogP contribution in [0.15, 0.2) is 54.6 Å². The monoisotopic (exact) mass is 454 g/mol. The summed E-state index contributed by atoms with van der Waals surface area (Å²) in [6.45, 7) is 3.25. The fourth-order valence-electron chi connectivity index (χ4n) is 5.15. The maximum Gasteiger partial charge on any atom is 0.225 e. The average Bonchev–Trinajstić information content (AvgIpc) is 3.33. The van der Waals surface area contributed by atoms with Gasteiger partial charge in [0, 0.05) is 31.0 Å². The molecule has 0 radical (unpaired) electrons. The summed E-state index contributed by atoms with van der Waals surface area (Å²) in [6, 6.07) is 17.5. The van der Waals surface area contributed by atoms with E-state index in [2.05, 4.69) is 35.9 Å². The number of aryl methyl sites for hydroxylation is 1. The second-order valence-electron chi connectivity index (χ2n) is 9.31. The van der Waals surface area contributed by atoms with Gasteiger partial charge in [0.05, 0.1) is 5.75 Å². The van der Waals surface area contributed by atoms with Crippen molar-refractivity contribution in [2.24, 2.45) is 5.92 Å². The summed E-state index contributed by atoms with van der Waals surface area (Å²) in [5.74, 6) is 0.378. The van der Waals surface area contributed by atoms with Crippen molar-refractivity contribution in [1.29, 1.82) is 0 Å². The Bertz CT molecular complexity index is 999. The maximum atomic E-state index is 13.2. The van der Waals surface area contributed by atoms with Crippen molar-refractivity contribution in [2.45, 2.75) is 63.2 Å². The number of rotatable bonds is 7. The Hall–Kier alpha value is -2.18. The molecule has 172 valence electrons. The van der Waals surface area contributed by atoms with Gasteiger partial charge in [0.1, 0.15) is 0 Å². The standard InChI is InChI=1S/C26H34N2O3S/c1-2-20-12-14-22(15-13-20)24-16-25(18-28(17-24)26(29)23-10-6-7-11-23)27-32(30,31)19-21-8-4-3-5-9-21/h3-5,8-9,12-15,23-25,27H,2,6-7,10-11,16-19H2,1H3. The lowest BCUT2D eigenvalue weighted by molar-refractivity contribution is -0.137. The molecule has 6 heteroatoms. The topological polar surface area (TPSA) is 66.5 Å². The molecule has 2 atom stereocenters. The average molecular weight is 455 g/mol. The molecule has 2 aromatic rings. The van der Waals surface area contributed by atoms with E-state index in [-0.39, 0.29) is 29.5 Å². The summed E-state index contributed by atoms with van der Waals surface area (Å²) in [6.07, 6.45) is 5.82. The highest BCUT2D eigenvalue weighted by Gasteiger charge is 2.36. The molecule has 0 spiro atoms. The number of sulfonamides is 1. The third-order valence-corrected chi connectivity index (χ3v) is 8.28. The molecule has 0 aromatic heterocycles. The molecule has 2 aliphatic rings. The summed E-state index contributed by atoms with van der Waals surface area (Å²) in [4.78, 5) is 15.2. The lowest BCUT2D eigenvalue weighted by Gasteiger charge is -2.39. The van der Waals surface area contributed by atoms with Crippen molar-refractivity contribution in [3.8, 4) is 0 Å². The molecule has 2 aromatic carbocycles. The highest BCUT2D eigenvalue weighted by molar-refractivity contribution is 7.88. The molecule has 1 heterocycles. The number of hydrogen-bond acceptors (Lipinski definition) is 3. The molecule has 1 saturated heterocycles. The molecule has 4 rings (SSSR count). The van der Waals surface area contributed by atoms with Gasteiger partial charge in [0.25, 0.3) is 0 Å². The molecule has 0 bridgehead atoms. The van der Waals surface area contributed by atoms with E-state index in [0.29, 0.717) is 19.5 Å². The van der Waals surface area contributed by atoms with E-state index in [0.717, 1.165) is 37.7 Å². The Morgan fingerprint density at radius 3 is 2.31 bits per heavy atom. The Morgan fingerprint density at radius 2 is 1.66 bits per heavy atom. The fraction of sp³-hybridized carbons (Fsp3) is 0.500. The summed E-state index contributed by atoms with van der Waals surface area (Å²) in [5, 5.41) is 0. The van der Waals surface area contributed by atoms with Crippen LogP contribution >= 0.6 is 0 Å². The first-order valence-electron chi connectivity index (χ1n) is 11.8. The second-order valence-corrected chi connectivity index (χ2v) is 11.1. The maximum absolute atomic E-state index is 13.2. The van der Waals surface area contributed by atoms with Crippen LogP contribution in [0.2, 0.25) is 0 Å². The van der Waals surface area contributed by atoms with Gasteiger partial charge in [0.15, 0.2) is 0 Å². The van der Waals surface area contributed by atoms with Crippen LogP contribution in [0.25, 0.3) is 0 Å². The molecular weight excluding hydrogens is 420 g/mol. The lowest BCUT2D eigenvalue weighted by Crippen LogP contribution is -2.53. The minimum atomic E-state index is -3.51. The van der Waals surface area contributed by atoms with E-state index in [1.54, 1.807) is 0 Å². The van der Waals surface area contributed by atoms with E-state index < -0.39 is 10.0 Å². The molecule has 2 unspecified atom stereocenters. The van der Waals surface area contributed by atoms with E-state index in [1.807, 2.05) is 35.2 Å². The Morgan fingerprint density at radius 1 is 0.969 bits per heavy atom. The van der Waals surface area contributed by atoms with Crippen LogP contribution in [0.1, 0.15) is 61.6 Å². The number of nitrogens with zero attached hydrogens (tertiary/aromatic N) is 1. The van der Waals surface area contributed by atoms with Crippen molar-refractivity contribution >= 4 is 15.9 Å². The molecule has 1 saturated carbocycles. The Kier molecular flexibility index (Phi) is 7.31. The molecule has 1 aliphatic carbocycles. The van der Waals surface area contributed by atoms with E-state index in [1.165, 1.54) is 11.1 Å². The van der Waals surface area contributed by atoms with Gasteiger partial charge in [-0.3, -0.25) is 4.79 Å². The van der Waals surface area contributed by atoms with Gasteiger partial charge in [0.2, 0.25) is 15.9 Å². The zero-order chi connectivity index (χ0) is 22.6. The van der Waals surface area contributed by atoms with Crippen LogP contribution in [0.3, 0.4) is 0 Å². The minimum absolute atomic E-state index is 0.0449. The Balaban J connectivity index is 1.52. The fourth-order valence-corrected chi connectivity index (χ4v) is 6.54. The van der Waals surface area contributed by atoms with Crippen LogP contribution in [0, 0.1) is 5.92 Å². The molecule has 1 amide bonds. The quantitative estimate of drug-likeness (QED) is 0.680. The van der Waals surface area contributed by atoms with E-state index in [4.69, 9.17) is 0 Å². The number of nitrogens with one attached hydrogen (secondary N) is 1. The van der Waals surface area contributed by atoms with Gasteiger partial charge < -0.3 is 4.90 Å². The second kappa shape index (κ2) is 10.2. The molecular formula is C26H34N2O3S. The Labute approximate surface area is 192 Å². The van der Waals surface area contributed by atoms with Crippen molar-refractivity contribution < 1.29 is 13.2 Å². The summed E-state index contributed by atoms with van der Waals surface area (Å²) < 4.78 is 28.7. The van der Waals surface area contributed by atoms with Gasteiger partial charge >= 0.3 is 0 Å². The smallest absolute Gasteiger partial charge is 0.225 e. The summed E-state index contributed by atoms with van der Waals surface area (Å²) in [5.41, 5.74) is 3.23. The minimum Gasteiger partial charge on any atom is -0.340 e. The van der Waals surface area contributed by atoms with E-state index >= 15 is 0 Å². The summed E-state index contributed by atoms with van der Waals surface area (Å²) >= 11 is 0. The predicted octanol–water partition coefficient (Wildman–Crippen LogP) is 4.24. The molecule has 32 heavy (non-hydrogen) atoms. The van der Waals surface area contributed by atoms with Gasteiger partial charge in [-0.05, 0) is 42.4 Å². The third kappa shape index (κ3) is 5.78. The molecule has 5 nitrogen and oxygen atoms in total. The number of piperidine rings is 1. The SMILES string of the molecule is CCc1ccc(C2CC(NS(=O)(=O)Cc3ccccc3)CN(C(=O)C3CCCC3)C2)cc1. The van der Waals surface area contributed by atoms with Crippen molar-refractivity contribution in [3.63, 3.8) is 0 Å². The highest BCUT2D eigenvalue weighted by atomic mass is 32.2. The van der Waals surface area contributed by atoms with E-state index in [9.17, 15) is 13.2 Å². The van der Waals surface area contributed by atoms with Gasteiger partial charge in [-0.2, -0.15) is 0 Å². The zero-order valence-electron chi connectivity index (χ0n) is 18.9. The zero-order valence-corrected chi connectivity index (χ0v) is 19.7. The van der Waals surface area contributed by atoms with Crippen molar-refractivity contribution in [2.75, 3.05) is 13.1 Å². The number of hydrogen-bond donors (Lipinski definition) is 1. The highest BCUT2D eigenvalue weighted by Crippen LogP contribution is 2.32. The predicted molar refractivity (Wildman–Crippen MR) is 128 cm³/mol. The molecule has 2 fully saturated rings. The first kappa shape index (κ1) is 23.0. The van der Waals surface area contributed by atoms with Crippen molar-refractivity contribution in [1.82, 2.24) is 9.62 Å². The largest absolute Gasteiger partial charge is 0.340 e. The molecule has 1 aliphatic heterocycles. The van der Waals surface area contributed by atoms with Gasteiger partial charge in [-0.25, -0.2) is 13.1 Å². The number of carbonyl (C=O) groups excluding carboxylic acids is 1. The number of amides is 1. The third-order valence-electron chi connectivity index (χ3n) is 6.87. The number of benzene rings is 2. The van der Waals surface area contributed by atoms with Crippen LogP contribution < -0.4 is 4.72 Å². The van der Waals surface area contributed by atoms with Crippen LogP contribution in [-0.2, 0) is 27.0 Å². The molecule has 1 N–H and O–H groups in total.